The lowest BCUT2D eigenvalue weighted by Gasteiger charge is -2.20. The third-order valence-corrected chi connectivity index (χ3v) is 3.54. The van der Waals surface area contributed by atoms with Gasteiger partial charge in [0, 0.05) is 46.7 Å². The van der Waals surface area contributed by atoms with Crippen molar-refractivity contribution in [3.8, 4) is 0 Å². The van der Waals surface area contributed by atoms with Gasteiger partial charge in [-0.05, 0) is 12.3 Å². The summed E-state index contributed by atoms with van der Waals surface area (Å²) >= 11 is 0. The van der Waals surface area contributed by atoms with Crippen molar-refractivity contribution in [3.63, 3.8) is 0 Å². The summed E-state index contributed by atoms with van der Waals surface area (Å²) in [4.78, 5) is 24.0. The molecule has 1 unspecified atom stereocenters. The number of nitrogens with one attached hydrogen (secondary N) is 1. The van der Waals surface area contributed by atoms with E-state index in [9.17, 15) is 4.79 Å². The minimum atomic E-state index is 0.0908. The number of hydrogen-bond donors (Lipinski definition) is 2. The smallest absolute Gasteiger partial charge is 0.223 e. The molecule has 110 valence electrons. The van der Waals surface area contributed by atoms with Crippen molar-refractivity contribution in [2.75, 3.05) is 49.8 Å². The Kier molecular flexibility index (Phi) is 4.26. The zero-order valence-corrected chi connectivity index (χ0v) is 12.3. The quantitative estimate of drug-likeness (QED) is 0.811. The van der Waals surface area contributed by atoms with Crippen LogP contribution in [0.25, 0.3) is 0 Å². The molecule has 2 rings (SSSR count). The fraction of sp³-hybridized carbons (Fsp3) is 0.615. The number of nitrogens with zero attached hydrogens (tertiary/aromatic N) is 4. The van der Waals surface area contributed by atoms with E-state index in [-0.39, 0.29) is 11.9 Å². The van der Waals surface area contributed by atoms with Crippen molar-refractivity contribution < 1.29 is 4.79 Å². The molecule has 1 aromatic heterocycles. The summed E-state index contributed by atoms with van der Waals surface area (Å²) in [7, 11) is 5.51. The van der Waals surface area contributed by atoms with Crippen LogP contribution in [0.15, 0.2) is 6.07 Å². The molecule has 0 aliphatic carbocycles. The van der Waals surface area contributed by atoms with Crippen LogP contribution in [0.2, 0.25) is 0 Å². The van der Waals surface area contributed by atoms with Gasteiger partial charge in [-0.3, -0.25) is 4.79 Å². The van der Waals surface area contributed by atoms with Crippen LogP contribution in [0.1, 0.15) is 12.8 Å². The maximum atomic E-state index is 11.4. The maximum absolute atomic E-state index is 11.4. The summed E-state index contributed by atoms with van der Waals surface area (Å²) in [6, 6.07) is 1.93. The monoisotopic (exact) mass is 278 g/mol. The van der Waals surface area contributed by atoms with Crippen LogP contribution in [0.5, 0.6) is 0 Å². The van der Waals surface area contributed by atoms with E-state index in [4.69, 9.17) is 5.73 Å². The molecule has 0 aromatic carbocycles. The van der Waals surface area contributed by atoms with Gasteiger partial charge in [-0.1, -0.05) is 0 Å². The number of anilines is 3. The van der Waals surface area contributed by atoms with Crippen molar-refractivity contribution >= 4 is 23.5 Å². The molecule has 7 heteroatoms. The maximum Gasteiger partial charge on any atom is 0.223 e. The van der Waals surface area contributed by atoms with Crippen molar-refractivity contribution in [2.24, 2.45) is 5.92 Å². The Bertz CT molecular complexity index is 490. The van der Waals surface area contributed by atoms with E-state index in [0.717, 1.165) is 31.1 Å². The van der Waals surface area contributed by atoms with Crippen LogP contribution < -0.4 is 20.9 Å². The molecule has 20 heavy (non-hydrogen) atoms. The molecule has 0 radical (unpaired) electrons. The molecule has 1 fully saturated rings. The number of rotatable bonds is 4. The van der Waals surface area contributed by atoms with E-state index in [0.29, 0.717) is 12.3 Å². The molecule has 0 bridgehead atoms. The van der Waals surface area contributed by atoms with E-state index in [1.165, 1.54) is 0 Å². The van der Waals surface area contributed by atoms with Crippen molar-refractivity contribution in [1.29, 1.82) is 0 Å². The highest BCUT2D eigenvalue weighted by atomic mass is 16.1. The van der Waals surface area contributed by atoms with Crippen LogP contribution in [0.3, 0.4) is 0 Å². The molecule has 1 atom stereocenters. The van der Waals surface area contributed by atoms with E-state index in [1.54, 1.807) is 7.05 Å². The summed E-state index contributed by atoms with van der Waals surface area (Å²) in [5.41, 5.74) is 5.76. The Morgan fingerprint density at radius 2 is 2.30 bits per heavy atom. The number of nitrogens with two attached hydrogens (primary N) is 1. The highest BCUT2D eigenvalue weighted by Gasteiger charge is 2.25. The number of hydrogen-bond acceptors (Lipinski definition) is 6. The van der Waals surface area contributed by atoms with Crippen molar-refractivity contribution in [1.82, 2.24) is 15.3 Å². The van der Waals surface area contributed by atoms with Crippen LogP contribution in [0, 0.1) is 5.92 Å². The summed E-state index contributed by atoms with van der Waals surface area (Å²) < 4.78 is 0. The lowest BCUT2D eigenvalue weighted by molar-refractivity contribution is -0.121. The highest BCUT2D eigenvalue weighted by Crippen LogP contribution is 2.26. The van der Waals surface area contributed by atoms with Gasteiger partial charge in [0.25, 0.3) is 0 Å². The molecule has 1 aliphatic heterocycles. The van der Waals surface area contributed by atoms with Crippen LogP contribution in [-0.4, -0.2) is 50.1 Å². The standard InChI is InChI=1S/C13H22N6O/c1-15-12(20)6-9-4-5-19(8-9)11-7-10(18(2)3)16-13(14)17-11/h7,9H,4-6,8H2,1-3H3,(H,15,20)(H2,14,16,17). The zero-order chi connectivity index (χ0) is 14.7. The van der Waals surface area contributed by atoms with Gasteiger partial charge in [-0.2, -0.15) is 9.97 Å². The van der Waals surface area contributed by atoms with Crippen LogP contribution >= 0.6 is 0 Å². The Morgan fingerprint density at radius 3 is 2.95 bits per heavy atom. The second-order valence-electron chi connectivity index (χ2n) is 5.31. The Labute approximate surface area is 119 Å². The summed E-state index contributed by atoms with van der Waals surface area (Å²) in [5.74, 6) is 2.37. The summed E-state index contributed by atoms with van der Waals surface area (Å²) in [5, 5.41) is 2.67. The number of aromatic nitrogens is 2. The lowest BCUT2D eigenvalue weighted by Crippen LogP contribution is -2.25. The van der Waals surface area contributed by atoms with Crippen molar-refractivity contribution in [3.05, 3.63) is 6.07 Å². The Hall–Kier alpha value is -2.05. The number of amides is 1. The van der Waals surface area contributed by atoms with Gasteiger partial charge in [0.15, 0.2) is 0 Å². The van der Waals surface area contributed by atoms with Gasteiger partial charge < -0.3 is 20.9 Å². The predicted octanol–water partition coefficient (Wildman–Crippen LogP) is 0.0872. The molecule has 2 heterocycles. The molecular weight excluding hydrogens is 256 g/mol. The van der Waals surface area contributed by atoms with E-state index in [1.807, 2.05) is 25.1 Å². The molecule has 0 saturated carbocycles. The molecule has 1 saturated heterocycles. The lowest BCUT2D eigenvalue weighted by atomic mass is 10.1. The molecule has 1 aliphatic rings. The van der Waals surface area contributed by atoms with E-state index in [2.05, 4.69) is 20.2 Å². The predicted molar refractivity (Wildman–Crippen MR) is 79.8 cm³/mol. The fourth-order valence-corrected chi connectivity index (χ4v) is 2.40. The molecular formula is C13H22N6O. The number of nitrogen functional groups attached to an aromatic ring is 1. The number of carbonyl (C=O) groups is 1. The zero-order valence-electron chi connectivity index (χ0n) is 12.3. The van der Waals surface area contributed by atoms with E-state index < -0.39 is 0 Å². The van der Waals surface area contributed by atoms with Gasteiger partial charge in [0.1, 0.15) is 11.6 Å². The Balaban J connectivity index is 2.08. The minimum absolute atomic E-state index is 0.0908. The average molecular weight is 278 g/mol. The molecule has 0 spiro atoms. The SMILES string of the molecule is CNC(=O)CC1CCN(c2cc(N(C)C)nc(N)n2)C1. The molecule has 3 N–H and O–H groups in total. The van der Waals surface area contributed by atoms with Gasteiger partial charge >= 0.3 is 0 Å². The Morgan fingerprint density at radius 1 is 1.55 bits per heavy atom. The first-order valence-electron chi connectivity index (χ1n) is 6.77. The van der Waals surface area contributed by atoms with Gasteiger partial charge in [-0.15, -0.1) is 0 Å². The van der Waals surface area contributed by atoms with Gasteiger partial charge in [0.2, 0.25) is 11.9 Å². The third-order valence-electron chi connectivity index (χ3n) is 3.54. The van der Waals surface area contributed by atoms with Gasteiger partial charge in [-0.25, -0.2) is 0 Å². The van der Waals surface area contributed by atoms with Gasteiger partial charge in [0.05, 0.1) is 0 Å². The first-order chi connectivity index (χ1) is 9.49. The second-order valence-corrected chi connectivity index (χ2v) is 5.31. The highest BCUT2D eigenvalue weighted by molar-refractivity contribution is 5.76. The normalized spacial score (nSPS) is 18.1. The molecule has 1 aromatic rings. The summed E-state index contributed by atoms with van der Waals surface area (Å²) in [6.07, 6.45) is 1.56. The molecule has 1 amide bonds. The topological polar surface area (TPSA) is 87.4 Å². The van der Waals surface area contributed by atoms with Crippen LogP contribution in [0.4, 0.5) is 17.6 Å². The largest absolute Gasteiger partial charge is 0.368 e. The molecule has 7 nitrogen and oxygen atoms in total. The summed E-state index contributed by atoms with van der Waals surface area (Å²) in [6.45, 7) is 1.72. The fourth-order valence-electron chi connectivity index (χ4n) is 2.40. The first-order valence-corrected chi connectivity index (χ1v) is 6.77. The van der Waals surface area contributed by atoms with Crippen LogP contribution in [-0.2, 0) is 4.79 Å². The second kappa shape index (κ2) is 5.94. The van der Waals surface area contributed by atoms with E-state index >= 15 is 0 Å². The van der Waals surface area contributed by atoms with Crippen molar-refractivity contribution in [2.45, 2.75) is 12.8 Å². The number of carbonyl (C=O) groups excluding carboxylic acids is 1. The third kappa shape index (κ3) is 3.28. The first kappa shape index (κ1) is 14.4. The minimum Gasteiger partial charge on any atom is -0.368 e. The average Bonchev–Trinajstić information content (AvgIpc) is 2.86.